The summed E-state index contributed by atoms with van der Waals surface area (Å²) in [5.74, 6) is -0.0501. The van der Waals surface area contributed by atoms with Gasteiger partial charge in [0.05, 0.1) is 18.3 Å². The van der Waals surface area contributed by atoms with E-state index in [0.29, 0.717) is 19.7 Å². The Morgan fingerprint density at radius 3 is 3.00 bits per heavy atom. The molecule has 1 aromatic heterocycles. The van der Waals surface area contributed by atoms with Gasteiger partial charge in [0, 0.05) is 38.8 Å². The van der Waals surface area contributed by atoms with Crippen LogP contribution in [-0.4, -0.2) is 42.2 Å². The third-order valence-electron chi connectivity index (χ3n) is 2.20. The second-order valence-electron chi connectivity index (χ2n) is 3.58. The molecule has 1 unspecified atom stereocenters. The van der Waals surface area contributed by atoms with Crippen molar-refractivity contribution in [1.82, 2.24) is 20.6 Å². The number of nitrogens with zero attached hydrogens (tertiary/aromatic N) is 2. The minimum absolute atomic E-state index is 0.0501. The molecule has 0 saturated heterocycles. The molecule has 94 valence electrons. The average Bonchev–Trinajstić information content (AvgIpc) is 2.37. The Hall–Kier alpha value is -1.53. The summed E-state index contributed by atoms with van der Waals surface area (Å²) in [6, 6.07) is -0.270. The molecule has 0 saturated carbocycles. The zero-order valence-corrected chi connectivity index (χ0v) is 10.1. The van der Waals surface area contributed by atoms with Crippen molar-refractivity contribution in [3.8, 4) is 0 Å². The lowest BCUT2D eigenvalue weighted by Gasteiger charge is -2.13. The van der Waals surface area contributed by atoms with Gasteiger partial charge in [0.1, 0.15) is 0 Å². The summed E-state index contributed by atoms with van der Waals surface area (Å²) in [6.45, 7) is 3.36. The summed E-state index contributed by atoms with van der Waals surface area (Å²) < 4.78 is 4.85. The van der Waals surface area contributed by atoms with Crippen LogP contribution in [0.15, 0.2) is 18.6 Å². The van der Waals surface area contributed by atoms with Crippen molar-refractivity contribution in [2.45, 2.75) is 19.5 Å². The van der Waals surface area contributed by atoms with Crippen molar-refractivity contribution in [3.63, 3.8) is 0 Å². The van der Waals surface area contributed by atoms with Crippen molar-refractivity contribution < 1.29 is 9.53 Å². The summed E-state index contributed by atoms with van der Waals surface area (Å²) in [5.41, 5.74) is 0.809. The Morgan fingerprint density at radius 1 is 1.53 bits per heavy atom. The third kappa shape index (κ3) is 5.37. The molecule has 6 heteroatoms. The number of hydrogen-bond acceptors (Lipinski definition) is 5. The second-order valence-corrected chi connectivity index (χ2v) is 3.58. The molecule has 0 aliphatic heterocycles. The van der Waals surface area contributed by atoms with Gasteiger partial charge in [0.2, 0.25) is 5.91 Å². The van der Waals surface area contributed by atoms with Gasteiger partial charge >= 0.3 is 0 Å². The van der Waals surface area contributed by atoms with Gasteiger partial charge < -0.3 is 15.4 Å². The number of carbonyl (C=O) groups is 1. The van der Waals surface area contributed by atoms with E-state index in [2.05, 4.69) is 20.6 Å². The van der Waals surface area contributed by atoms with E-state index in [1.165, 1.54) is 0 Å². The zero-order valence-electron chi connectivity index (χ0n) is 10.1. The zero-order chi connectivity index (χ0) is 12.5. The number of ether oxygens (including phenoxy) is 1. The minimum Gasteiger partial charge on any atom is -0.383 e. The molecule has 0 aromatic carbocycles. The number of aromatic nitrogens is 2. The van der Waals surface area contributed by atoms with Crippen LogP contribution >= 0.6 is 0 Å². The molecular formula is C11H18N4O2. The lowest BCUT2D eigenvalue weighted by Crippen LogP contribution is -2.42. The van der Waals surface area contributed by atoms with Crippen molar-refractivity contribution in [2.24, 2.45) is 0 Å². The van der Waals surface area contributed by atoms with E-state index in [1.54, 1.807) is 32.6 Å². The number of hydrogen-bond donors (Lipinski definition) is 2. The largest absolute Gasteiger partial charge is 0.383 e. The predicted molar refractivity (Wildman–Crippen MR) is 63.2 cm³/mol. The Balaban J connectivity index is 2.24. The van der Waals surface area contributed by atoms with E-state index in [-0.39, 0.29) is 11.9 Å². The van der Waals surface area contributed by atoms with Gasteiger partial charge in [0.25, 0.3) is 0 Å². The van der Waals surface area contributed by atoms with Crippen LogP contribution in [0, 0.1) is 0 Å². The van der Waals surface area contributed by atoms with E-state index in [9.17, 15) is 4.79 Å². The molecule has 17 heavy (non-hydrogen) atoms. The highest BCUT2D eigenvalue weighted by Crippen LogP contribution is 1.91. The van der Waals surface area contributed by atoms with Gasteiger partial charge in [0.15, 0.2) is 0 Å². The molecule has 1 heterocycles. The van der Waals surface area contributed by atoms with Crippen LogP contribution in [0.2, 0.25) is 0 Å². The first-order valence-corrected chi connectivity index (χ1v) is 5.49. The fourth-order valence-electron chi connectivity index (χ4n) is 1.20. The number of amides is 1. The Labute approximate surface area is 101 Å². The fraction of sp³-hybridized carbons (Fsp3) is 0.545. The van der Waals surface area contributed by atoms with Gasteiger partial charge in [-0.05, 0) is 6.92 Å². The van der Waals surface area contributed by atoms with Crippen molar-refractivity contribution in [2.75, 3.05) is 20.3 Å². The van der Waals surface area contributed by atoms with Crippen LogP contribution < -0.4 is 10.6 Å². The van der Waals surface area contributed by atoms with Crippen LogP contribution in [0.4, 0.5) is 0 Å². The maximum Gasteiger partial charge on any atom is 0.236 e. The van der Waals surface area contributed by atoms with E-state index >= 15 is 0 Å². The highest BCUT2D eigenvalue weighted by molar-refractivity contribution is 5.81. The van der Waals surface area contributed by atoms with Crippen molar-refractivity contribution in [1.29, 1.82) is 0 Å². The highest BCUT2D eigenvalue weighted by Gasteiger charge is 2.11. The molecule has 1 aromatic rings. The summed E-state index contributed by atoms with van der Waals surface area (Å²) in [7, 11) is 1.60. The van der Waals surface area contributed by atoms with E-state index in [0.717, 1.165) is 5.69 Å². The fourth-order valence-corrected chi connectivity index (χ4v) is 1.20. The molecule has 1 amide bonds. The summed E-state index contributed by atoms with van der Waals surface area (Å²) in [5, 5.41) is 5.83. The molecule has 0 spiro atoms. The van der Waals surface area contributed by atoms with Gasteiger partial charge in [-0.15, -0.1) is 0 Å². The van der Waals surface area contributed by atoms with Crippen LogP contribution in [0.25, 0.3) is 0 Å². The first kappa shape index (κ1) is 13.5. The molecule has 1 atom stereocenters. The van der Waals surface area contributed by atoms with Crippen molar-refractivity contribution >= 4 is 5.91 Å². The Morgan fingerprint density at radius 2 is 2.35 bits per heavy atom. The van der Waals surface area contributed by atoms with E-state index in [4.69, 9.17) is 4.74 Å². The molecule has 2 N–H and O–H groups in total. The van der Waals surface area contributed by atoms with Crippen LogP contribution in [0.5, 0.6) is 0 Å². The SMILES string of the molecule is COCCNC(=O)C(C)NCc1cnccn1. The van der Waals surface area contributed by atoms with Crippen LogP contribution in [0.3, 0.4) is 0 Å². The summed E-state index contributed by atoms with van der Waals surface area (Å²) in [4.78, 5) is 19.6. The highest BCUT2D eigenvalue weighted by atomic mass is 16.5. The standard InChI is InChI=1S/C11H18N4O2/c1-9(11(16)14-5-6-17-2)15-8-10-7-12-3-4-13-10/h3-4,7,9,15H,5-6,8H2,1-2H3,(H,14,16). The Bertz CT molecular complexity index is 332. The number of nitrogens with one attached hydrogen (secondary N) is 2. The van der Waals surface area contributed by atoms with Gasteiger partial charge in [-0.1, -0.05) is 0 Å². The number of carbonyl (C=O) groups excluding carboxylic acids is 1. The van der Waals surface area contributed by atoms with Gasteiger partial charge in [-0.25, -0.2) is 0 Å². The molecule has 6 nitrogen and oxygen atoms in total. The second kappa shape index (κ2) is 7.70. The topological polar surface area (TPSA) is 76.1 Å². The molecule has 1 rings (SSSR count). The van der Waals surface area contributed by atoms with E-state index in [1.807, 2.05) is 0 Å². The van der Waals surface area contributed by atoms with Gasteiger partial charge in [-0.3, -0.25) is 14.8 Å². The molecule has 0 bridgehead atoms. The summed E-state index contributed by atoms with van der Waals surface area (Å²) in [6.07, 6.45) is 4.91. The first-order valence-electron chi connectivity index (χ1n) is 5.49. The average molecular weight is 238 g/mol. The Kier molecular flexibility index (Phi) is 6.13. The smallest absolute Gasteiger partial charge is 0.236 e. The lowest BCUT2D eigenvalue weighted by atomic mass is 10.3. The molecule has 0 fully saturated rings. The maximum atomic E-state index is 11.6. The molecule has 0 aliphatic carbocycles. The first-order chi connectivity index (χ1) is 8.24. The summed E-state index contributed by atoms with van der Waals surface area (Å²) >= 11 is 0. The van der Waals surface area contributed by atoms with Gasteiger partial charge in [-0.2, -0.15) is 0 Å². The lowest BCUT2D eigenvalue weighted by molar-refractivity contribution is -0.122. The normalized spacial score (nSPS) is 12.1. The maximum absolute atomic E-state index is 11.6. The number of rotatable bonds is 7. The third-order valence-corrected chi connectivity index (χ3v) is 2.20. The minimum atomic E-state index is -0.270. The molecule has 0 aliphatic rings. The molecular weight excluding hydrogens is 220 g/mol. The van der Waals surface area contributed by atoms with E-state index < -0.39 is 0 Å². The molecule has 0 radical (unpaired) electrons. The predicted octanol–water partition coefficient (Wildman–Crippen LogP) is -0.283. The van der Waals surface area contributed by atoms with Crippen LogP contribution in [-0.2, 0) is 16.1 Å². The van der Waals surface area contributed by atoms with Crippen LogP contribution in [0.1, 0.15) is 12.6 Å². The quantitative estimate of drug-likeness (QED) is 0.639. The number of methoxy groups -OCH3 is 1. The van der Waals surface area contributed by atoms with Crippen molar-refractivity contribution in [3.05, 3.63) is 24.3 Å². The monoisotopic (exact) mass is 238 g/mol.